The van der Waals surface area contributed by atoms with E-state index in [-0.39, 0.29) is 0 Å². The Bertz CT molecular complexity index is 658. The number of hydrogen-bond donors (Lipinski definition) is 2. The van der Waals surface area contributed by atoms with Crippen LogP contribution in [0.4, 0.5) is 11.4 Å². The second-order valence-electron chi connectivity index (χ2n) is 7.37. The molecule has 29 heavy (non-hydrogen) atoms. The molecule has 0 aliphatic carbocycles. The molecule has 0 aliphatic rings. The molecule has 0 heterocycles. The molecule has 0 saturated heterocycles. The van der Waals surface area contributed by atoms with E-state index in [4.69, 9.17) is 9.47 Å². The molecular weight excluding hydrogens is 360 g/mol. The first-order valence-electron chi connectivity index (χ1n) is 11.2. The standard InChI is InChI=1S/C25H38N2O2/c1-3-5-7-8-9-20-28-24-15-13-22(14-16-24)26-17-18-27-23-11-10-12-25(21-23)29-19-6-4-2/h10-16,21,26-27H,3-9,17-20H2,1-2H3. The summed E-state index contributed by atoms with van der Waals surface area (Å²) in [6.45, 7) is 7.68. The normalized spacial score (nSPS) is 10.6. The zero-order chi connectivity index (χ0) is 20.6. The van der Waals surface area contributed by atoms with Gasteiger partial charge in [-0.3, -0.25) is 0 Å². The van der Waals surface area contributed by atoms with Crippen LogP contribution in [0.1, 0.15) is 58.8 Å². The summed E-state index contributed by atoms with van der Waals surface area (Å²) >= 11 is 0. The molecule has 0 aromatic heterocycles. The third-order valence-corrected chi connectivity index (χ3v) is 4.75. The van der Waals surface area contributed by atoms with Gasteiger partial charge in [-0.2, -0.15) is 0 Å². The smallest absolute Gasteiger partial charge is 0.121 e. The minimum Gasteiger partial charge on any atom is -0.494 e. The average Bonchev–Trinajstić information content (AvgIpc) is 2.75. The number of anilines is 2. The Kier molecular flexibility index (Phi) is 11.6. The molecule has 4 heteroatoms. The van der Waals surface area contributed by atoms with Gasteiger partial charge in [-0.25, -0.2) is 0 Å². The van der Waals surface area contributed by atoms with Crippen molar-refractivity contribution in [2.75, 3.05) is 36.9 Å². The number of ether oxygens (including phenoxy) is 2. The van der Waals surface area contributed by atoms with Crippen LogP contribution in [0.5, 0.6) is 11.5 Å². The molecule has 2 N–H and O–H groups in total. The fraction of sp³-hybridized carbons (Fsp3) is 0.520. The first-order valence-corrected chi connectivity index (χ1v) is 11.2. The first kappa shape index (κ1) is 22.9. The predicted molar refractivity (Wildman–Crippen MR) is 125 cm³/mol. The molecule has 2 aromatic carbocycles. The molecule has 0 atom stereocenters. The number of unbranched alkanes of at least 4 members (excludes halogenated alkanes) is 5. The van der Waals surface area contributed by atoms with Crippen molar-refractivity contribution in [3.05, 3.63) is 48.5 Å². The van der Waals surface area contributed by atoms with Crippen LogP contribution < -0.4 is 20.1 Å². The number of hydrogen-bond acceptors (Lipinski definition) is 4. The number of nitrogens with one attached hydrogen (secondary N) is 2. The van der Waals surface area contributed by atoms with Crippen molar-refractivity contribution in [2.45, 2.75) is 58.8 Å². The van der Waals surface area contributed by atoms with Gasteiger partial charge in [0, 0.05) is 30.5 Å². The van der Waals surface area contributed by atoms with E-state index in [9.17, 15) is 0 Å². The molecule has 2 aromatic rings. The molecule has 0 bridgehead atoms. The molecule has 0 unspecified atom stereocenters. The van der Waals surface area contributed by atoms with Crippen LogP contribution in [0, 0.1) is 0 Å². The highest BCUT2D eigenvalue weighted by atomic mass is 16.5. The van der Waals surface area contributed by atoms with E-state index in [1.54, 1.807) is 0 Å². The van der Waals surface area contributed by atoms with E-state index in [1.807, 2.05) is 24.3 Å². The molecular formula is C25H38N2O2. The highest BCUT2D eigenvalue weighted by Crippen LogP contribution is 2.18. The van der Waals surface area contributed by atoms with E-state index in [2.05, 4.69) is 48.7 Å². The van der Waals surface area contributed by atoms with Gasteiger partial charge in [0.1, 0.15) is 11.5 Å². The number of benzene rings is 2. The van der Waals surface area contributed by atoms with Gasteiger partial charge in [0.25, 0.3) is 0 Å². The van der Waals surface area contributed by atoms with Crippen LogP contribution in [0.15, 0.2) is 48.5 Å². The Hall–Kier alpha value is -2.36. The van der Waals surface area contributed by atoms with E-state index in [1.165, 1.54) is 25.7 Å². The van der Waals surface area contributed by atoms with Gasteiger partial charge in [0.05, 0.1) is 13.2 Å². The van der Waals surface area contributed by atoms with Crippen LogP contribution in [-0.4, -0.2) is 26.3 Å². The molecule has 0 fully saturated rings. The van der Waals surface area contributed by atoms with Gasteiger partial charge in [0.2, 0.25) is 0 Å². The summed E-state index contributed by atoms with van der Waals surface area (Å²) in [5.41, 5.74) is 2.20. The lowest BCUT2D eigenvalue weighted by Gasteiger charge is -2.11. The van der Waals surface area contributed by atoms with Gasteiger partial charge in [0.15, 0.2) is 0 Å². The SMILES string of the molecule is CCCCCCCOc1ccc(NCCNc2cccc(OCCCC)c2)cc1. The zero-order valence-corrected chi connectivity index (χ0v) is 18.2. The molecule has 0 radical (unpaired) electrons. The van der Waals surface area contributed by atoms with Crippen molar-refractivity contribution < 1.29 is 9.47 Å². The highest BCUT2D eigenvalue weighted by molar-refractivity contribution is 5.49. The highest BCUT2D eigenvalue weighted by Gasteiger charge is 1.98. The third-order valence-electron chi connectivity index (χ3n) is 4.75. The van der Waals surface area contributed by atoms with Gasteiger partial charge < -0.3 is 20.1 Å². The van der Waals surface area contributed by atoms with Gasteiger partial charge in [-0.15, -0.1) is 0 Å². The Morgan fingerprint density at radius 3 is 2.03 bits per heavy atom. The summed E-state index contributed by atoms with van der Waals surface area (Å²) in [4.78, 5) is 0. The lowest BCUT2D eigenvalue weighted by Crippen LogP contribution is -2.13. The van der Waals surface area contributed by atoms with Crippen molar-refractivity contribution in [2.24, 2.45) is 0 Å². The maximum absolute atomic E-state index is 5.82. The van der Waals surface area contributed by atoms with Gasteiger partial charge in [-0.05, 0) is 49.2 Å². The molecule has 0 aliphatic heterocycles. The van der Waals surface area contributed by atoms with E-state index < -0.39 is 0 Å². The Labute approximate surface area is 177 Å². The van der Waals surface area contributed by atoms with Crippen LogP contribution in [0.2, 0.25) is 0 Å². The molecule has 0 spiro atoms. The third kappa shape index (κ3) is 10.1. The average molecular weight is 399 g/mol. The number of rotatable bonds is 16. The minimum atomic E-state index is 0.778. The van der Waals surface area contributed by atoms with E-state index in [0.29, 0.717) is 0 Å². The van der Waals surface area contributed by atoms with Crippen molar-refractivity contribution in [3.8, 4) is 11.5 Å². The van der Waals surface area contributed by atoms with Crippen molar-refractivity contribution >= 4 is 11.4 Å². The molecule has 2 rings (SSSR count). The molecule has 0 saturated carbocycles. The van der Waals surface area contributed by atoms with Crippen LogP contribution in [0.3, 0.4) is 0 Å². The molecule has 0 amide bonds. The lowest BCUT2D eigenvalue weighted by molar-refractivity contribution is 0.304. The van der Waals surface area contributed by atoms with Crippen LogP contribution >= 0.6 is 0 Å². The fourth-order valence-electron chi connectivity index (χ4n) is 3.01. The maximum atomic E-state index is 5.82. The Morgan fingerprint density at radius 1 is 0.621 bits per heavy atom. The zero-order valence-electron chi connectivity index (χ0n) is 18.2. The predicted octanol–water partition coefficient (Wildman–Crippen LogP) is 6.74. The lowest BCUT2D eigenvalue weighted by atomic mass is 10.2. The summed E-state index contributed by atoms with van der Waals surface area (Å²) < 4.78 is 11.6. The second kappa shape index (κ2) is 14.6. The quantitative estimate of drug-likeness (QED) is 0.307. The van der Waals surface area contributed by atoms with Gasteiger partial charge >= 0.3 is 0 Å². The van der Waals surface area contributed by atoms with Crippen LogP contribution in [-0.2, 0) is 0 Å². The van der Waals surface area contributed by atoms with Crippen molar-refractivity contribution in [1.29, 1.82) is 0 Å². The summed E-state index contributed by atoms with van der Waals surface area (Å²) in [5.74, 6) is 1.88. The summed E-state index contributed by atoms with van der Waals surface area (Å²) in [6, 6.07) is 16.4. The summed E-state index contributed by atoms with van der Waals surface area (Å²) in [5, 5.41) is 6.88. The molecule has 4 nitrogen and oxygen atoms in total. The maximum Gasteiger partial charge on any atom is 0.121 e. The Morgan fingerprint density at radius 2 is 1.28 bits per heavy atom. The summed E-state index contributed by atoms with van der Waals surface area (Å²) in [7, 11) is 0. The summed E-state index contributed by atoms with van der Waals surface area (Å²) in [6.07, 6.45) is 8.55. The van der Waals surface area contributed by atoms with E-state index >= 15 is 0 Å². The molecule has 160 valence electrons. The van der Waals surface area contributed by atoms with Gasteiger partial charge in [-0.1, -0.05) is 52.0 Å². The topological polar surface area (TPSA) is 42.5 Å². The van der Waals surface area contributed by atoms with Crippen LogP contribution in [0.25, 0.3) is 0 Å². The fourth-order valence-corrected chi connectivity index (χ4v) is 3.01. The van der Waals surface area contributed by atoms with Crippen molar-refractivity contribution in [1.82, 2.24) is 0 Å². The van der Waals surface area contributed by atoms with Crippen molar-refractivity contribution in [3.63, 3.8) is 0 Å². The largest absolute Gasteiger partial charge is 0.494 e. The second-order valence-corrected chi connectivity index (χ2v) is 7.37. The van der Waals surface area contributed by atoms with E-state index in [0.717, 1.165) is 68.4 Å². The Balaban J connectivity index is 1.61. The first-order chi connectivity index (χ1) is 14.3. The monoisotopic (exact) mass is 398 g/mol. The minimum absolute atomic E-state index is 0.778.